The van der Waals surface area contributed by atoms with E-state index in [0.29, 0.717) is 18.8 Å². The van der Waals surface area contributed by atoms with E-state index in [1.54, 1.807) is 11.3 Å². The summed E-state index contributed by atoms with van der Waals surface area (Å²) in [5, 5.41) is 3.22. The monoisotopic (exact) mass is 344 g/mol. The van der Waals surface area contributed by atoms with Gasteiger partial charge in [0.1, 0.15) is 17.4 Å². The van der Waals surface area contributed by atoms with Crippen molar-refractivity contribution in [3.05, 3.63) is 46.4 Å². The number of aromatic nitrogens is 1. The molecule has 0 spiro atoms. The number of thiazole rings is 1. The quantitative estimate of drug-likeness (QED) is 0.825. The van der Waals surface area contributed by atoms with Crippen LogP contribution in [0.1, 0.15) is 36.4 Å². The molecule has 1 aliphatic heterocycles. The number of benzene rings is 1. The van der Waals surface area contributed by atoms with Crippen LogP contribution in [-0.4, -0.2) is 35.2 Å². The van der Waals surface area contributed by atoms with Gasteiger partial charge in [-0.15, -0.1) is 11.3 Å². The summed E-state index contributed by atoms with van der Waals surface area (Å²) in [6, 6.07) is 10.5. The fourth-order valence-corrected chi connectivity index (χ4v) is 4.43. The van der Waals surface area contributed by atoms with Gasteiger partial charge in [0.25, 0.3) is 0 Å². The van der Waals surface area contributed by atoms with Crippen molar-refractivity contribution in [2.24, 2.45) is 0 Å². The van der Waals surface area contributed by atoms with Gasteiger partial charge in [0.2, 0.25) is 0 Å². The molecule has 5 heteroatoms. The molecular formula is C19H24N2O2S. The van der Waals surface area contributed by atoms with Crippen molar-refractivity contribution in [2.45, 2.75) is 51.0 Å². The summed E-state index contributed by atoms with van der Waals surface area (Å²) in [5.41, 5.74) is 1.16. The van der Waals surface area contributed by atoms with Crippen molar-refractivity contribution in [1.29, 1.82) is 0 Å². The number of fused-ring (bicyclic) bond motifs is 1. The molecule has 1 saturated heterocycles. The lowest BCUT2D eigenvalue weighted by Crippen LogP contribution is -2.52. The van der Waals surface area contributed by atoms with Crippen molar-refractivity contribution in [2.75, 3.05) is 13.2 Å². The van der Waals surface area contributed by atoms with Crippen LogP contribution in [0.4, 0.5) is 0 Å². The van der Waals surface area contributed by atoms with Crippen molar-refractivity contribution in [3.63, 3.8) is 0 Å². The van der Waals surface area contributed by atoms with E-state index in [1.807, 2.05) is 30.3 Å². The molecule has 2 aromatic rings. The number of para-hydroxylation sites is 1. The van der Waals surface area contributed by atoms with Gasteiger partial charge in [0, 0.05) is 24.5 Å². The molecule has 0 radical (unpaired) electrons. The minimum absolute atomic E-state index is 0.437. The number of morpholine rings is 1. The molecular weight excluding hydrogens is 320 g/mol. The molecule has 2 heterocycles. The minimum atomic E-state index is 0.437. The molecule has 0 bridgehead atoms. The van der Waals surface area contributed by atoms with Crippen LogP contribution in [0.5, 0.6) is 5.75 Å². The summed E-state index contributed by atoms with van der Waals surface area (Å²) < 4.78 is 11.8. The summed E-state index contributed by atoms with van der Waals surface area (Å²) in [4.78, 5) is 7.34. The van der Waals surface area contributed by atoms with Gasteiger partial charge in [-0.3, -0.25) is 4.90 Å². The summed E-state index contributed by atoms with van der Waals surface area (Å²) in [6.45, 7) is 3.36. The lowest BCUT2D eigenvalue weighted by atomic mass is 9.90. The van der Waals surface area contributed by atoms with E-state index in [9.17, 15) is 0 Å². The molecule has 2 fully saturated rings. The SMILES string of the molecule is c1ccc(OCc2nc(CN3CCOC4CCCCC43)cs2)cc1. The Hall–Kier alpha value is -1.43. The van der Waals surface area contributed by atoms with E-state index in [4.69, 9.17) is 14.5 Å². The standard InChI is InChI=1S/C19H24N2O2S/c1-2-6-16(7-3-1)23-13-19-20-15(14-24-19)12-21-10-11-22-18-9-5-4-8-17(18)21/h1-3,6-7,14,17-18H,4-5,8-13H2. The van der Waals surface area contributed by atoms with Crippen LogP contribution < -0.4 is 4.74 Å². The average molecular weight is 344 g/mol. The molecule has 4 rings (SSSR count). The van der Waals surface area contributed by atoms with E-state index in [0.717, 1.165) is 36.1 Å². The maximum atomic E-state index is 5.96. The van der Waals surface area contributed by atoms with E-state index in [1.165, 1.54) is 25.7 Å². The molecule has 1 aliphatic carbocycles. The summed E-state index contributed by atoms with van der Waals surface area (Å²) in [6.07, 6.45) is 5.56. The first-order chi connectivity index (χ1) is 11.9. The molecule has 0 N–H and O–H groups in total. The minimum Gasteiger partial charge on any atom is -0.486 e. The van der Waals surface area contributed by atoms with Crippen LogP contribution in [-0.2, 0) is 17.9 Å². The third-order valence-electron chi connectivity index (χ3n) is 4.92. The van der Waals surface area contributed by atoms with E-state index < -0.39 is 0 Å². The normalized spacial score (nSPS) is 24.5. The van der Waals surface area contributed by atoms with Gasteiger partial charge in [-0.1, -0.05) is 31.0 Å². The first-order valence-electron chi connectivity index (χ1n) is 8.85. The molecule has 2 aliphatic rings. The lowest BCUT2D eigenvalue weighted by Gasteiger charge is -2.43. The summed E-state index contributed by atoms with van der Waals surface area (Å²) in [7, 11) is 0. The Morgan fingerprint density at radius 2 is 2.08 bits per heavy atom. The lowest BCUT2D eigenvalue weighted by molar-refractivity contribution is -0.0914. The topological polar surface area (TPSA) is 34.6 Å². The van der Waals surface area contributed by atoms with Crippen molar-refractivity contribution in [3.8, 4) is 5.75 Å². The smallest absolute Gasteiger partial charge is 0.140 e. The van der Waals surface area contributed by atoms with E-state index >= 15 is 0 Å². The van der Waals surface area contributed by atoms with Crippen LogP contribution >= 0.6 is 11.3 Å². The van der Waals surface area contributed by atoms with Gasteiger partial charge >= 0.3 is 0 Å². The van der Waals surface area contributed by atoms with Gasteiger partial charge in [0.05, 0.1) is 18.4 Å². The Labute approximate surface area is 147 Å². The zero-order valence-corrected chi connectivity index (χ0v) is 14.7. The van der Waals surface area contributed by atoms with Crippen LogP contribution in [0, 0.1) is 0 Å². The Morgan fingerprint density at radius 3 is 3.00 bits per heavy atom. The molecule has 4 nitrogen and oxygen atoms in total. The van der Waals surface area contributed by atoms with Crippen LogP contribution in [0.3, 0.4) is 0 Å². The van der Waals surface area contributed by atoms with Crippen molar-refractivity contribution < 1.29 is 9.47 Å². The summed E-state index contributed by atoms with van der Waals surface area (Å²) >= 11 is 1.69. The molecule has 1 saturated carbocycles. The third kappa shape index (κ3) is 3.79. The van der Waals surface area contributed by atoms with E-state index in [2.05, 4.69) is 10.3 Å². The highest BCUT2D eigenvalue weighted by Crippen LogP contribution is 2.29. The van der Waals surface area contributed by atoms with E-state index in [-0.39, 0.29) is 0 Å². The maximum Gasteiger partial charge on any atom is 0.140 e. The molecule has 24 heavy (non-hydrogen) atoms. The molecule has 2 atom stereocenters. The average Bonchev–Trinajstić information content (AvgIpc) is 3.09. The number of hydrogen-bond donors (Lipinski definition) is 0. The number of hydrogen-bond acceptors (Lipinski definition) is 5. The second-order valence-electron chi connectivity index (χ2n) is 6.57. The highest BCUT2D eigenvalue weighted by molar-refractivity contribution is 7.09. The highest BCUT2D eigenvalue weighted by atomic mass is 32.1. The second-order valence-corrected chi connectivity index (χ2v) is 7.51. The molecule has 1 aromatic heterocycles. The number of rotatable bonds is 5. The molecule has 1 aromatic carbocycles. The first-order valence-corrected chi connectivity index (χ1v) is 9.73. The molecule has 0 amide bonds. The third-order valence-corrected chi connectivity index (χ3v) is 5.79. The predicted octanol–water partition coefficient (Wildman–Crippen LogP) is 3.87. The fourth-order valence-electron chi connectivity index (χ4n) is 3.73. The largest absolute Gasteiger partial charge is 0.486 e. The van der Waals surface area contributed by atoms with Crippen LogP contribution in [0.25, 0.3) is 0 Å². The fraction of sp³-hybridized carbons (Fsp3) is 0.526. The van der Waals surface area contributed by atoms with Gasteiger partial charge in [-0.25, -0.2) is 4.98 Å². The second kappa shape index (κ2) is 7.64. The Kier molecular flexibility index (Phi) is 5.11. The zero-order chi connectivity index (χ0) is 16.2. The first kappa shape index (κ1) is 16.1. The maximum absolute atomic E-state index is 5.96. The number of ether oxygens (including phenoxy) is 2. The van der Waals surface area contributed by atoms with Crippen LogP contribution in [0.15, 0.2) is 35.7 Å². The summed E-state index contributed by atoms with van der Waals surface area (Å²) in [5.74, 6) is 0.896. The zero-order valence-electron chi connectivity index (χ0n) is 13.9. The van der Waals surface area contributed by atoms with Crippen molar-refractivity contribution in [1.82, 2.24) is 9.88 Å². The van der Waals surface area contributed by atoms with Crippen molar-refractivity contribution >= 4 is 11.3 Å². The van der Waals surface area contributed by atoms with Gasteiger partial charge in [0.15, 0.2) is 0 Å². The Balaban J connectivity index is 1.34. The Bertz CT molecular complexity index is 644. The highest BCUT2D eigenvalue weighted by Gasteiger charge is 2.34. The van der Waals surface area contributed by atoms with Gasteiger partial charge in [-0.2, -0.15) is 0 Å². The van der Waals surface area contributed by atoms with Gasteiger partial charge in [-0.05, 0) is 25.0 Å². The predicted molar refractivity (Wildman–Crippen MR) is 95.3 cm³/mol. The van der Waals surface area contributed by atoms with Crippen LogP contribution in [0.2, 0.25) is 0 Å². The molecule has 128 valence electrons. The van der Waals surface area contributed by atoms with Gasteiger partial charge < -0.3 is 9.47 Å². The Morgan fingerprint density at radius 1 is 1.21 bits per heavy atom. The number of nitrogens with zero attached hydrogens (tertiary/aromatic N) is 2. The molecule has 2 unspecified atom stereocenters.